The van der Waals surface area contributed by atoms with Crippen molar-refractivity contribution in [1.82, 2.24) is 0 Å². The maximum Gasteiger partial charge on any atom is 0.524 e. The van der Waals surface area contributed by atoms with Crippen molar-refractivity contribution in [1.29, 1.82) is 0 Å². The minimum Gasteiger partial charge on any atom is -0.403 e. The lowest BCUT2D eigenvalue weighted by atomic mass is 9.85. The van der Waals surface area contributed by atoms with Gasteiger partial charge in [-0.05, 0) is 73.6 Å². The molecule has 270 valence electrons. The molecule has 0 radical (unpaired) electrons. The van der Waals surface area contributed by atoms with Crippen molar-refractivity contribution >= 4 is 27.6 Å². The summed E-state index contributed by atoms with van der Waals surface area (Å²) >= 11 is -4.18. The van der Waals surface area contributed by atoms with Crippen LogP contribution in [-0.2, 0) is 36.4 Å². The van der Waals surface area contributed by atoms with Crippen molar-refractivity contribution in [2.24, 2.45) is 0 Å². The van der Waals surface area contributed by atoms with Crippen LogP contribution in [0.1, 0.15) is 204 Å². The highest BCUT2D eigenvalue weighted by Crippen LogP contribution is 2.48. The number of phosphoric ester groups is 1. The molecule has 1 aromatic carbocycles. The van der Waals surface area contributed by atoms with Gasteiger partial charge in [0.2, 0.25) is 0 Å². The SMILES string of the molecule is CCCCCCCCc1c(CCCCCCCC)c(CCCCCCCC)c(I(=O)=O)c(OP(=O)(O)O)c1CCCCCCCC. The van der Waals surface area contributed by atoms with E-state index in [0.717, 1.165) is 93.7 Å². The van der Waals surface area contributed by atoms with Crippen molar-refractivity contribution in [3.05, 3.63) is 25.8 Å². The zero-order valence-electron chi connectivity index (χ0n) is 30.2. The Kier molecular flexibility index (Phi) is 25.9. The van der Waals surface area contributed by atoms with Crippen LogP contribution < -0.4 is 4.52 Å². The lowest BCUT2D eigenvalue weighted by Gasteiger charge is -2.25. The molecule has 6 nitrogen and oxygen atoms in total. The molecule has 0 aromatic heterocycles. The highest BCUT2D eigenvalue weighted by atomic mass is 127. The number of phosphoric acid groups is 1. The summed E-state index contributed by atoms with van der Waals surface area (Å²) in [5.41, 5.74) is 3.89. The molecule has 0 bridgehead atoms. The normalized spacial score (nSPS) is 12.0. The average Bonchev–Trinajstić information content (AvgIpc) is 3.00. The maximum atomic E-state index is 13.2. The summed E-state index contributed by atoms with van der Waals surface area (Å²) in [6, 6.07) is 0. The summed E-state index contributed by atoms with van der Waals surface area (Å²) in [7, 11) is -4.97. The van der Waals surface area contributed by atoms with Crippen molar-refractivity contribution in [2.45, 2.75) is 207 Å². The predicted molar refractivity (Wildman–Crippen MR) is 202 cm³/mol. The number of hydrogen-bond acceptors (Lipinski definition) is 4. The molecule has 0 spiro atoms. The topological polar surface area (TPSA) is 101 Å². The van der Waals surface area contributed by atoms with Gasteiger partial charge in [-0.25, -0.2) is 10.7 Å². The van der Waals surface area contributed by atoms with Gasteiger partial charge in [-0.15, -0.1) is 0 Å². The van der Waals surface area contributed by atoms with Crippen LogP contribution in [0.2, 0.25) is 0 Å². The van der Waals surface area contributed by atoms with E-state index in [-0.39, 0.29) is 9.32 Å². The Morgan fingerprint density at radius 1 is 0.457 bits per heavy atom. The van der Waals surface area contributed by atoms with Crippen LogP contribution in [0.3, 0.4) is 0 Å². The summed E-state index contributed by atoms with van der Waals surface area (Å²) in [5.74, 6) is -0.00856. The zero-order valence-corrected chi connectivity index (χ0v) is 33.2. The van der Waals surface area contributed by atoms with E-state index in [1.807, 2.05) is 0 Å². The van der Waals surface area contributed by atoms with Crippen LogP contribution in [0.25, 0.3) is 0 Å². The average molecular weight is 781 g/mol. The fourth-order valence-electron chi connectivity index (χ4n) is 6.74. The second-order valence-electron chi connectivity index (χ2n) is 13.4. The summed E-state index contributed by atoms with van der Waals surface area (Å²) in [6.07, 6.45) is 30.0. The van der Waals surface area contributed by atoms with Crippen LogP contribution in [0.15, 0.2) is 0 Å². The Labute approximate surface area is 290 Å². The lowest BCUT2D eigenvalue weighted by Crippen LogP contribution is -2.12. The Balaban J connectivity index is 3.68. The van der Waals surface area contributed by atoms with Crippen LogP contribution in [-0.4, -0.2) is 9.79 Å². The molecule has 0 saturated carbocycles. The van der Waals surface area contributed by atoms with Gasteiger partial charge in [0.05, 0.1) is 0 Å². The molecule has 0 atom stereocenters. The lowest BCUT2D eigenvalue weighted by molar-refractivity contribution is 0.281. The first-order chi connectivity index (χ1) is 22.2. The highest BCUT2D eigenvalue weighted by molar-refractivity contribution is 14.2. The Morgan fingerprint density at radius 3 is 1.07 bits per heavy atom. The van der Waals surface area contributed by atoms with Crippen LogP contribution >= 0.6 is 27.6 Å². The molecule has 0 fully saturated rings. The number of benzene rings is 1. The molecule has 0 unspecified atom stereocenters. The van der Waals surface area contributed by atoms with Crippen molar-refractivity contribution in [3.8, 4) is 5.75 Å². The monoisotopic (exact) mass is 780 g/mol. The minimum atomic E-state index is -4.97. The van der Waals surface area contributed by atoms with E-state index >= 15 is 0 Å². The first kappa shape index (κ1) is 43.5. The third-order valence-corrected chi connectivity index (χ3v) is 11.8. The molecule has 0 aliphatic carbocycles. The molecule has 0 saturated heterocycles. The molecule has 8 heteroatoms. The summed E-state index contributed by atoms with van der Waals surface area (Å²) < 4.78 is 44.3. The second-order valence-corrected chi connectivity index (χ2v) is 16.9. The van der Waals surface area contributed by atoms with E-state index in [9.17, 15) is 20.5 Å². The summed E-state index contributed by atoms with van der Waals surface area (Å²) in [4.78, 5) is 20.1. The largest absolute Gasteiger partial charge is 0.524 e. The third-order valence-electron chi connectivity index (χ3n) is 9.32. The molecule has 0 aliphatic rings. The van der Waals surface area contributed by atoms with Crippen LogP contribution in [0.5, 0.6) is 5.75 Å². The smallest absolute Gasteiger partial charge is 0.403 e. The van der Waals surface area contributed by atoms with Gasteiger partial charge in [0, 0.05) is 0 Å². The highest BCUT2D eigenvalue weighted by Gasteiger charge is 2.31. The van der Waals surface area contributed by atoms with E-state index < -0.39 is 27.6 Å². The van der Waals surface area contributed by atoms with Crippen molar-refractivity contribution < 1.29 is 25.0 Å². The Morgan fingerprint density at radius 2 is 0.739 bits per heavy atom. The van der Waals surface area contributed by atoms with E-state index in [1.165, 1.54) is 95.5 Å². The van der Waals surface area contributed by atoms with Gasteiger partial charge in [0.25, 0.3) is 0 Å². The van der Waals surface area contributed by atoms with E-state index in [1.54, 1.807) is 0 Å². The van der Waals surface area contributed by atoms with Gasteiger partial charge < -0.3 is 4.52 Å². The van der Waals surface area contributed by atoms with Gasteiger partial charge >= 0.3 is 27.6 Å². The number of halogens is 1. The summed E-state index contributed by atoms with van der Waals surface area (Å²) in [6.45, 7) is 8.85. The Bertz CT molecular complexity index is 1040. The first-order valence-electron chi connectivity index (χ1n) is 19.2. The molecule has 0 amide bonds. The fourth-order valence-corrected chi connectivity index (χ4v) is 9.31. The maximum absolute atomic E-state index is 13.2. The van der Waals surface area contributed by atoms with E-state index in [4.69, 9.17) is 4.52 Å². The number of rotatable bonds is 31. The van der Waals surface area contributed by atoms with E-state index in [0.29, 0.717) is 12.8 Å². The summed E-state index contributed by atoms with van der Waals surface area (Å²) in [5, 5.41) is 0. The van der Waals surface area contributed by atoms with Gasteiger partial charge in [0.15, 0.2) is 5.75 Å². The third kappa shape index (κ3) is 18.9. The van der Waals surface area contributed by atoms with Crippen molar-refractivity contribution in [3.63, 3.8) is 0 Å². The fraction of sp³-hybridized carbons (Fsp3) is 0.842. The zero-order chi connectivity index (χ0) is 34.0. The van der Waals surface area contributed by atoms with Gasteiger partial charge in [-0.1, -0.05) is 156 Å². The molecule has 0 heterocycles. The second kappa shape index (κ2) is 27.3. The molecule has 2 N–H and O–H groups in total. The molecule has 1 rings (SSSR count). The molecule has 46 heavy (non-hydrogen) atoms. The molecule has 1 aromatic rings. The Hall–Kier alpha value is -0.500. The minimum absolute atomic E-state index is 0.00856. The standard InChI is InChI=1S/C38H70IO6P/c1-5-9-13-17-21-25-29-33-34(30-26-22-18-14-10-6-2)36(32-28-24-20-16-12-8-4)38(45-46(42,43)44)37(39(40)41)35(33)31-27-23-19-15-11-7-3/h5-32H2,1-4H3,(H2,42,43,44). The van der Waals surface area contributed by atoms with Gasteiger partial charge in [0.1, 0.15) is 3.57 Å². The molecule has 0 aliphatic heterocycles. The van der Waals surface area contributed by atoms with Crippen LogP contribution in [0, 0.1) is 3.57 Å². The quantitative estimate of drug-likeness (QED) is 0.0442. The van der Waals surface area contributed by atoms with Gasteiger partial charge in [-0.2, -0.15) is 0 Å². The number of hydrogen-bond donors (Lipinski definition) is 2. The molecular formula is C38H70IO6P. The number of unbranched alkanes of at least 4 members (excludes halogenated alkanes) is 20. The van der Waals surface area contributed by atoms with Crippen LogP contribution in [0.4, 0.5) is 0 Å². The predicted octanol–water partition coefficient (Wildman–Crippen LogP) is 13.1. The van der Waals surface area contributed by atoms with E-state index in [2.05, 4.69) is 27.7 Å². The van der Waals surface area contributed by atoms with Gasteiger partial charge in [-0.3, -0.25) is 9.79 Å². The molecular weight excluding hydrogens is 710 g/mol. The first-order valence-corrected chi connectivity index (χ1v) is 23.6. The van der Waals surface area contributed by atoms with Crippen molar-refractivity contribution in [2.75, 3.05) is 0 Å².